The summed E-state index contributed by atoms with van der Waals surface area (Å²) in [6.45, 7) is 2.86. The third-order valence-corrected chi connectivity index (χ3v) is 8.99. The number of allylic oxidation sites excluding steroid dienone is 2. The maximum Gasteiger partial charge on any atom is 0.169 e. The standard InChI is InChI=1S/C28H28BrNO3/c1-31-23-10-9-20-22-13-19-21(29)14-24(32-16-18-5-3-2-4-6-18)26-25(19)28(20,27(23)33-26)11-12-30(22)15-17-7-8-17/h2-6,9-10,14,17,22,27H,7-8,11-13,15-16H2,1H3/t22?,27-,28-/m1/s1. The van der Waals surface area contributed by atoms with Crippen molar-refractivity contribution in [1.82, 2.24) is 4.90 Å². The molecule has 7 rings (SSSR count). The molecule has 2 aromatic carbocycles. The van der Waals surface area contributed by atoms with Gasteiger partial charge in [0.05, 0.1) is 12.5 Å². The average Bonchev–Trinajstić information content (AvgIpc) is 3.59. The van der Waals surface area contributed by atoms with E-state index in [1.54, 1.807) is 7.11 Å². The molecular formula is C28H28BrNO3. The molecule has 3 atom stereocenters. The van der Waals surface area contributed by atoms with E-state index in [-0.39, 0.29) is 11.5 Å². The van der Waals surface area contributed by atoms with Gasteiger partial charge < -0.3 is 14.2 Å². The summed E-state index contributed by atoms with van der Waals surface area (Å²) >= 11 is 3.93. The smallest absolute Gasteiger partial charge is 0.169 e. The highest BCUT2D eigenvalue weighted by Crippen LogP contribution is 2.64. The van der Waals surface area contributed by atoms with Gasteiger partial charge in [0, 0.05) is 29.2 Å². The average molecular weight is 506 g/mol. The van der Waals surface area contributed by atoms with Crippen molar-refractivity contribution in [3.8, 4) is 11.5 Å². The van der Waals surface area contributed by atoms with Gasteiger partial charge in [-0.25, -0.2) is 0 Å². The molecule has 0 aromatic heterocycles. The topological polar surface area (TPSA) is 30.9 Å². The third kappa shape index (κ3) is 2.91. The van der Waals surface area contributed by atoms with Gasteiger partial charge in [0.15, 0.2) is 17.6 Å². The summed E-state index contributed by atoms with van der Waals surface area (Å²) in [7, 11) is 1.76. The number of piperidine rings is 1. The molecule has 2 aromatic rings. The number of benzene rings is 2. The van der Waals surface area contributed by atoms with Gasteiger partial charge in [-0.15, -0.1) is 0 Å². The second kappa shape index (κ2) is 7.38. The number of ether oxygens (including phenoxy) is 3. The molecule has 1 saturated heterocycles. The van der Waals surface area contributed by atoms with E-state index in [9.17, 15) is 0 Å². The van der Waals surface area contributed by atoms with Gasteiger partial charge in [-0.05, 0) is 60.4 Å². The zero-order chi connectivity index (χ0) is 22.2. The van der Waals surface area contributed by atoms with Gasteiger partial charge >= 0.3 is 0 Å². The molecule has 1 saturated carbocycles. The maximum atomic E-state index is 6.79. The lowest BCUT2D eigenvalue weighted by molar-refractivity contribution is 0.0621. The van der Waals surface area contributed by atoms with Crippen LogP contribution in [0.2, 0.25) is 0 Å². The van der Waals surface area contributed by atoms with Crippen molar-refractivity contribution in [2.24, 2.45) is 5.92 Å². The first-order valence-corrected chi connectivity index (χ1v) is 12.9. The molecular weight excluding hydrogens is 478 g/mol. The fraction of sp³-hybridized carbons (Fsp3) is 0.429. The van der Waals surface area contributed by atoms with Crippen LogP contribution in [0.3, 0.4) is 0 Å². The van der Waals surface area contributed by atoms with Crippen molar-refractivity contribution in [2.75, 3.05) is 20.2 Å². The van der Waals surface area contributed by atoms with E-state index in [0.29, 0.717) is 12.6 Å². The molecule has 5 aliphatic rings. The Hall–Kier alpha value is -2.24. The maximum absolute atomic E-state index is 6.79. The highest BCUT2D eigenvalue weighted by atomic mass is 79.9. The molecule has 0 radical (unpaired) electrons. The summed E-state index contributed by atoms with van der Waals surface area (Å²) in [6, 6.07) is 12.9. The number of likely N-dealkylation sites (tertiary alicyclic amines) is 1. The molecule has 1 unspecified atom stereocenters. The minimum atomic E-state index is -0.150. The molecule has 2 aliphatic heterocycles. The van der Waals surface area contributed by atoms with Crippen LogP contribution < -0.4 is 9.47 Å². The Bertz CT molecular complexity index is 1190. The zero-order valence-electron chi connectivity index (χ0n) is 18.9. The van der Waals surface area contributed by atoms with Crippen molar-refractivity contribution in [3.63, 3.8) is 0 Å². The Morgan fingerprint density at radius 3 is 2.82 bits per heavy atom. The Kier molecular flexibility index (Phi) is 4.51. The summed E-state index contributed by atoms with van der Waals surface area (Å²) < 4.78 is 20.2. The van der Waals surface area contributed by atoms with Gasteiger partial charge in [0.1, 0.15) is 12.4 Å². The van der Waals surface area contributed by atoms with E-state index < -0.39 is 0 Å². The molecule has 2 heterocycles. The highest BCUT2D eigenvalue weighted by molar-refractivity contribution is 9.10. The normalized spacial score (nSPS) is 29.0. The molecule has 170 valence electrons. The SMILES string of the molecule is COC1=CC=C2C3Cc4c(Br)cc(OCc5ccccc5)c5c4[C@]2(CCN3CC2CC2)[C@@H]1O5. The van der Waals surface area contributed by atoms with Crippen LogP contribution in [0, 0.1) is 5.92 Å². The molecule has 5 heteroatoms. The monoisotopic (exact) mass is 505 g/mol. The van der Waals surface area contributed by atoms with Crippen molar-refractivity contribution in [2.45, 2.75) is 49.9 Å². The molecule has 33 heavy (non-hydrogen) atoms. The zero-order valence-corrected chi connectivity index (χ0v) is 20.4. The summed E-state index contributed by atoms with van der Waals surface area (Å²) in [4.78, 5) is 2.74. The van der Waals surface area contributed by atoms with Crippen LogP contribution in [0.4, 0.5) is 0 Å². The number of nitrogens with zero attached hydrogens (tertiary/aromatic N) is 1. The molecule has 1 spiro atoms. The Morgan fingerprint density at radius 2 is 2.03 bits per heavy atom. The van der Waals surface area contributed by atoms with E-state index in [2.05, 4.69) is 51.2 Å². The van der Waals surface area contributed by atoms with Gasteiger partial charge in [-0.1, -0.05) is 52.3 Å². The van der Waals surface area contributed by atoms with Gasteiger partial charge in [-0.2, -0.15) is 0 Å². The first kappa shape index (κ1) is 20.2. The van der Waals surface area contributed by atoms with E-state index in [0.717, 1.165) is 52.6 Å². The predicted octanol–water partition coefficient (Wildman–Crippen LogP) is 5.54. The lowest BCUT2D eigenvalue weighted by Gasteiger charge is -2.53. The van der Waals surface area contributed by atoms with Crippen LogP contribution in [0.5, 0.6) is 11.5 Å². The Balaban J connectivity index is 1.35. The van der Waals surface area contributed by atoms with Crippen LogP contribution in [0.15, 0.2) is 64.4 Å². The summed E-state index contributed by atoms with van der Waals surface area (Å²) in [6.07, 6.45) is 9.22. The van der Waals surface area contributed by atoms with E-state index in [1.807, 2.05) is 18.2 Å². The second-order valence-corrected chi connectivity index (χ2v) is 10.9. The number of rotatable bonds is 6. The molecule has 3 aliphatic carbocycles. The lowest BCUT2D eigenvalue weighted by Crippen LogP contribution is -2.59. The highest BCUT2D eigenvalue weighted by Gasteiger charge is 2.63. The fourth-order valence-electron chi connectivity index (χ4n) is 6.57. The predicted molar refractivity (Wildman–Crippen MR) is 131 cm³/mol. The van der Waals surface area contributed by atoms with Gasteiger partial charge in [0.2, 0.25) is 0 Å². The summed E-state index contributed by atoms with van der Waals surface area (Å²) in [5.74, 6) is 3.54. The minimum absolute atomic E-state index is 0.115. The molecule has 0 N–H and O–H groups in total. The van der Waals surface area contributed by atoms with Crippen LogP contribution in [0.25, 0.3) is 0 Å². The third-order valence-electron chi connectivity index (χ3n) is 8.28. The molecule has 2 bridgehead atoms. The van der Waals surface area contributed by atoms with Gasteiger partial charge in [-0.3, -0.25) is 4.90 Å². The summed E-state index contributed by atoms with van der Waals surface area (Å²) in [5, 5.41) is 0. The van der Waals surface area contributed by atoms with Crippen molar-refractivity contribution in [1.29, 1.82) is 0 Å². The van der Waals surface area contributed by atoms with Crippen LogP contribution >= 0.6 is 15.9 Å². The minimum Gasteiger partial charge on any atom is -0.497 e. The van der Waals surface area contributed by atoms with Crippen LogP contribution in [-0.4, -0.2) is 37.2 Å². The number of hydrogen-bond acceptors (Lipinski definition) is 4. The Morgan fingerprint density at radius 1 is 1.18 bits per heavy atom. The molecule has 4 nitrogen and oxygen atoms in total. The molecule has 2 fully saturated rings. The first-order chi connectivity index (χ1) is 16.2. The largest absolute Gasteiger partial charge is 0.497 e. The van der Waals surface area contributed by atoms with Crippen molar-refractivity contribution < 1.29 is 14.2 Å². The molecule has 0 amide bonds. The van der Waals surface area contributed by atoms with E-state index >= 15 is 0 Å². The first-order valence-electron chi connectivity index (χ1n) is 12.1. The Labute approximate surface area is 203 Å². The quantitative estimate of drug-likeness (QED) is 0.515. The van der Waals surface area contributed by atoms with Crippen molar-refractivity contribution in [3.05, 3.63) is 81.0 Å². The lowest BCUT2D eigenvalue weighted by atomic mass is 9.57. The van der Waals surface area contributed by atoms with E-state index in [4.69, 9.17) is 14.2 Å². The van der Waals surface area contributed by atoms with Gasteiger partial charge in [0.25, 0.3) is 0 Å². The number of methoxy groups -OCH3 is 1. The van der Waals surface area contributed by atoms with Crippen LogP contribution in [0.1, 0.15) is 36.0 Å². The van der Waals surface area contributed by atoms with Crippen molar-refractivity contribution >= 4 is 15.9 Å². The number of hydrogen-bond donors (Lipinski definition) is 0. The van der Waals surface area contributed by atoms with Crippen LogP contribution in [-0.2, 0) is 23.2 Å². The number of halogens is 1. The summed E-state index contributed by atoms with van der Waals surface area (Å²) in [5.41, 5.74) is 5.24. The van der Waals surface area contributed by atoms with E-state index in [1.165, 1.54) is 36.1 Å². The second-order valence-electron chi connectivity index (χ2n) is 10.1. The fourth-order valence-corrected chi connectivity index (χ4v) is 7.14.